The van der Waals surface area contributed by atoms with Crippen molar-refractivity contribution in [1.29, 1.82) is 0 Å². The van der Waals surface area contributed by atoms with Crippen LogP contribution in [0.2, 0.25) is 0 Å². The molecule has 1 amide bonds. The predicted molar refractivity (Wildman–Crippen MR) is 108 cm³/mol. The topological polar surface area (TPSA) is 60.0 Å². The number of hydrogen-bond acceptors (Lipinski definition) is 5. The fourth-order valence-electron chi connectivity index (χ4n) is 3.54. The normalized spacial score (nSPS) is 14.0. The number of amides is 1. The van der Waals surface area contributed by atoms with Gasteiger partial charge in [0.25, 0.3) is 5.91 Å². The predicted octanol–water partition coefficient (Wildman–Crippen LogP) is 3.24. The number of methoxy groups -OCH3 is 3. The quantitative estimate of drug-likeness (QED) is 0.757. The van der Waals surface area contributed by atoms with Crippen molar-refractivity contribution < 1.29 is 19.0 Å². The lowest BCUT2D eigenvalue weighted by Crippen LogP contribution is -2.23. The lowest BCUT2D eigenvalue weighted by Gasteiger charge is -2.16. The molecule has 0 atom stereocenters. The Kier molecular flexibility index (Phi) is 6.76. The summed E-state index contributed by atoms with van der Waals surface area (Å²) in [6, 6.07) is 11.5. The number of nitrogens with zero attached hydrogens (tertiary/aromatic N) is 1. The summed E-state index contributed by atoms with van der Waals surface area (Å²) >= 11 is 0. The summed E-state index contributed by atoms with van der Waals surface area (Å²) in [6.07, 6.45) is 2.56. The van der Waals surface area contributed by atoms with E-state index in [4.69, 9.17) is 14.2 Å². The fraction of sp³-hybridized carbons (Fsp3) is 0.409. The van der Waals surface area contributed by atoms with Crippen molar-refractivity contribution in [3.8, 4) is 17.2 Å². The van der Waals surface area contributed by atoms with E-state index in [1.54, 1.807) is 27.4 Å². The molecule has 0 aliphatic carbocycles. The minimum Gasteiger partial charge on any atom is -0.493 e. The second-order valence-corrected chi connectivity index (χ2v) is 6.86. The highest BCUT2D eigenvalue weighted by Gasteiger charge is 2.17. The Labute approximate surface area is 166 Å². The molecular formula is C22H28N2O4. The van der Waals surface area contributed by atoms with Crippen molar-refractivity contribution in [3.05, 3.63) is 53.1 Å². The van der Waals surface area contributed by atoms with Crippen LogP contribution in [0.15, 0.2) is 36.4 Å². The third-order valence-corrected chi connectivity index (χ3v) is 5.05. The zero-order chi connectivity index (χ0) is 19.9. The lowest BCUT2D eigenvalue weighted by atomic mass is 10.1. The van der Waals surface area contributed by atoms with Crippen LogP contribution in [0.1, 0.15) is 34.3 Å². The maximum absolute atomic E-state index is 12.5. The molecule has 1 N–H and O–H groups in total. The molecule has 1 aliphatic rings. The monoisotopic (exact) mass is 384 g/mol. The molecule has 150 valence electrons. The van der Waals surface area contributed by atoms with Crippen LogP contribution in [0.25, 0.3) is 0 Å². The Morgan fingerprint density at radius 2 is 1.61 bits per heavy atom. The average Bonchev–Trinajstić information content (AvgIpc) is 3.24. The van der Waals surface area contributed by atoms with Crippen molar-refractivity contribution in [1.82, 2.24) is 10.2 Å². The first kappa shape index (κ1) is 20.0. The number of hydrogen-bond donors (Lipinski definition) is 1. The summed E-state index contributed by atoms with van der Waals surface area (Å²) in [7, 11) is 4.71. The zero-order valence-electron chi connectivity index (χ0n) is 16.8. The molecule has 28 heavy (non-hydrogen) atoms. The van der Waals surface area contributed by atoms with E-state index in [2.05, 4.69) is 10.2 Å². The van der Waals surface area contributed by atoms with Crippen molar-refractivity contribution >= 4 is 5.91 Å². The molecule has 6 nitrogen and oxygen atoms in total. The third kappa shape index (κ3) is 4.57. The molecule has 1 heterocycles. The van der Waals surface area contributed by atoms with Crippen LogP contribution in [-0.2, 0) is 13.1 Å². The van der Waals surface area contributed by atoms with Gasteiger partial charge in [0.1, 0.15) is 0 Å². The number of likely N-dealkylation sites (tertiary alicyclic amines) is 1. The van der Waals surface area contributed by atoms with Gasteiger partial charge in [0.2, 0.25) is 5.75 Å². The Bertz CT molecular complexity index is 799. The first-order chi connectivity index (χ1) is 13.7. The summed E-state index contributed by atoms with van der Waals surface area (Å²) in [5.74, 6) is 1.54. The van der Waals surface area contributed by atoms with Gasteiger partial charge in [-0.15, -0.1) is 0 Å². The SMILES string of the molecule is COc1ccc(CNC(=O)c2ccc(CN3CCCC3)cc2)c(OC)c1OC. The number of carbonyl (C=O) groups is 1. The second kappa shape index (κ2) is 9.46. The summed E-state index contributed by atoms with van der Waals surface area (Å²) in [5, 5.41) is 2.95. The van der Waals surface area contributed by atoms with E-state index in [-0.39, 0.29) is 5.91 Å². The van der Waals surface area contributed by atoms with E-state index in [1.165, 1.54) is 18.4 Å². The van der Waals surface area contributed by atoms with Gasteiger partial charge in [0, 0.05) is 24.2 Å². The molecule has 3 rings (SSSR count). The summed E-state index contributed by atoms with van der Waals surface area (Å²) in [5.41, 5.74) is 2.70. The standard InChI is InChI=1S/C22H28N2O4/c1-26-19-11-10-18(20(27-2)21(19)28-3)14-23-22(25)17-8-6-16(7-9-17)15-24-12-4-5-13-24/h6-11H,4-5,12-15H2,1-3H3,(H,23,25). The van der Waals surface area contributed by atoms with Crippen molar-refractivity contribution in [2.24, 2.45) is 0 Å². The molecule has 0 radical (unpaired) electrons. The number of rotatable bonds is 8. The fourth-order valence-corrected chi connectivity index (χ4v) is 3.54. The highest BCUT2D eigenvalue weighted by molar-refractivity contribution is 5.94. The summed E-state index contributed by atoms with van der Waals surface area (Å²) in [6.45, 7) is 3.60. The van der Waals surface area contributed by atoms with Crippen molar-refractivity contribution in [2.45, 2.75) is 25.9 Å². The largest absolute Gasteiger partial charge is 0.493 e. The van der Waals surface area contributed by atoms with Crippen LogP contribution in [0.3, 0.4) is 0 Å². The van der Waals surface area contributed by atoms with Gasteiger partial charge in [0.15, 0.2) is 11.5 Å². The number of ether oxygens (including phenoxy) is 3. The van der Waals surface area contributed by atoms with Gasteiger partial charge in [-0.2, -0.15) is 0 Å². The maximum Gasteiger partial charge on any atom is 0.251 e. The molecule has 0 bridgehead atoms. The minimum atomic E-state index is -0.121. The van der Waals surface area contributed by atoms with E-state index in [9.17, 15) is 4.79 Å². The van der Waals surface area contributed by atoms with E-state index in [1.807, 2.05) is 30.3 Å². The van der Waals surface area contributed by atoms with Crippen molar-refractivity contribution in [3.63, 3.8) is 0 Å². The zero-order valence-corrected chi connectivity index (χ0v) is 16.8. The van der Waals surface area contributed by atoms with Gasteiger partial charge < -0.3 is 19.5 Å². The lowest BCUT2D eigenvalue weighted by molar-refractivity contribution is 0.0950. The van der Waals surface area contributed by atoms with Gasteiger partial charge in [0.05, 0.1) is 21.3 Å². The number of benzene rings is 2. The van der Waals surface area contributed by atoms with Gasteiger partial charge in [-0.25, -0.2) is 0 Å². The maximum atomic E-state index is 12.5. The molecule has 1 fully saturated rings. The Balaban J connectivity index is 1.63. The van der Waals surface area contributed by atoms with Gasteiger partial charge in [-0.1, -0.05) is 12.1 Å². The molecule has 2 aromatic rings. The van der Waals surface area contributed by atoms with E-state index >= 15 is 0 Å². The highest BCUT2D eigenvalue weighted by atomic mass is 16.5. The van der Waals surface area contributed by atoms with Gasteiger partial charge >= 0.3 is 0 Å². The van der Waals surface area contributed by atoms with Crippen LogP contribution < -0.4 is 19.5 Å². The third-order valence-electron chi connectivity index (χ3n) is 5.05. The van der Waals surface area contributed by atoms with Crippen LogP contribution >= 0.6 is 0 Å². The first-order valence-corrected chi connectivity index (χ1v) is 9.53. The molecule has 6 heteroatoms. The van der Waals surface area contributed by atoms with E-state index < -0.39 is 0 Å². The van der Waals surface area contributed by atoms with Crippen LogP contribution in [0, 0.1) is 0 Å². The molecule has 2 aromatic carbocycles. The van der Waals surface area contributed by atoms with Crippen LogP contribution in [0.5, 0.6) is 17.2 Å². The summed E-state index contributed by atoms with van der Waals surface area (Å²) in [4.78, 5) is 15.0. The smallest absolute Gasteiger partial charge is 0.251 e. The molecule has 1 saturated heterocycles. The Morgan fingerprint density at radius 1 is 0.929 bits per heavy atom. The molecule has 0 aromatic heterocycles. The van der Waals surface area contributed by atoms with Gasteiger partial charge in [-0.3, -0.25) is 9.69 Å². The first-order valence-electron chi connectivity index (χ1n) is 9.53. The highest BCUT2D eigenvalue weighted by Crippen LogP contribution is 2.39. The average molecular weight is 384 g/mol. The molecule has 1 aliphatic heterocycles. The second-order valence-electron chi connectivity index (χ2n) is 6.86. The van der Waals surface area contributed by atoms with E-state index in [0.29, 0.717) is 29.4 Å². The van der Waals surface area contributed by atoms with Crippen molar-refractivity contribution in [2.75, 3.05) is 34.4 Å². The molecule has 0 unspecified atom stereocenters. The van der Waals surface area contributed by atoms with Gasteiger partial charge in [-0.05, 0) is 55.8 Å². The number of carbonyl (C=O) groups excluding carboxylic acids is 1. The minimum absolute atomic E-state index is 0.121. The summed E-state index contributed by atoms with van der Waals surface area (Å²) < 4.78 is 16.1. The van der Waals surface area contributed by atoms with Crippen LogP contribution in [-0.4, -0.2) is 45.2 Å². The number of nitrogens with one attached hydrogen (secondary N) is 1. The Hall–Kier alpha value is -2.73. The van der Waals surface area contributed by atoms with Crippen LogP contribution in [0.4, 0.5) is 0 Å². The Morgan fingerprint density at radius 3 is 2.21 bits per heavy atom. The van der Waals surface area contributed by atoms with E-state index in [0.717, 1.165) is 25.2 Å². The molecule has 0 saturated carbocycles. The molecule has 0 spiro atoms. The molecular weight excluding hydrogens is 356 g/mol.